The van der Waals surface area contributed by atoms with Gasteiger partial charge in [0.15, 0.2) is 0 Å². The Morgan fingerprint density at radius 2 is 1.59 bits per heavy atom. The predicted octanol–water partition coefficient (Wildman–Crippen LogP) is 5.55. The van der Waals surface area contributed by atoms with Gasteiger partial charge in [-0.2, -0.15) is 8.42 Å². The van der Waals surface area contributed by atoms with Gasteiger partial charge in [-0.1, -0.05) is 35.9 Å². The minimum absolute atomic E-state index is 0.0161. The lowest BCUT2D eigenvalue weighted by atomic mass is 10.1. The van der Waals surface area contributed by atoms with Crippen LogP contribution in [0.25, 0.3) is 22.2 Å². The number of rotatable bonds is 10. The third-order valence-electron chi connectivity index (χ3n) is 6.19. The molecular formula is C29H32N2O5S. The van der Waals surface area contributed by atoms with Crippen LogP contribution in [-0.2, 0) is 14.3 Å². The number of nitrogens with zero attached hydrogens (tertiary/aromatic N) is 2. The largest absolute Gasteiger partial charge is 0.458 e. The minimum Gasteiger partial charge on any atom is -0.458 e. The molecule has 3 aromatic carbocycles. The average molecular weight is 521 g/mol. The van der Waals surface area contributed by atoms with Gasteiger partial charge in [-0.05, 0) is 69.3 Å². The first-order valence-corrected chi connectivity index (χ1v) is 13.7. The first-order valence-electron chi connectivity index (χ1n) is 12.3. The molecule has 1 unspecified atom stereocenters. The fourth-order valence-electron chi connectivity index (χ4n) is 4.10. The standard InChI is InChI=1S/C29H32N2O5S/c1-5-31(6-2)23-14-12-22(13-15-23)26-19-18-25-27(30-26)8-7-9-28(25)35-29(4,20-32)36-37(33,34)24-16-10-21(3)11-17-24/h7-19,32H,5-6,20H2,1-4H3. The third-order valence-corrected chi connectivity index (χ3v) is 7.61. The number of anilines is 1. The van der Waals surface area contributed by atoms with Crippen molar-refractivity contribution >= 4 is 26.7 Å². The van der Waals surface area contributed by atoms with E-state index < -0.39 is 22.5 Å². The van der Waals surface area contributed by atoms with Crippen LogP contribution in [0.1, 0.15) is 26.3 Å². The Hall–Kier alpha value is -3.46. The second-order valence-corrected chi connectivity index (χ2v) is 10.5. The van der Waals surface area contributed by atoms with E-state index in [-0.39, 0.29) is 4.90 Å². The van der Waals surface area contributed by atoms with Crippen LogP contribution >= 0.6 is 0 Å². The number of aliphatic hydroxyl groups excluding tert-OH is 1. The van der Waals surface area contributed by atoms with E-state index in [1.807, 2.05) is 25.1 Å². The van der Waals surface area contributed by atoms with E-state index in [2.05, 4.69) is 43.0 Å². The van der Waals surface area contributed by atoms with Crippen LogP contribution in [0.4, 0.5) is 5.69 Å². The van der Waals surface area contributed by atoms with Crippen molar-refractivity contribution in [2.24, 2.45) is 0 Å². The van der Waals surface area contributed by atoms with Gasteiger partial charge in [0.05, 0.1) is 16.1 Å². The zero-order valence-corrected chi connectivity index (χ0v) is 22.3. The molecule has 7 nitrogen and oxygen atoms in total. The summed E-state index contributed by atoms with van der Waals surface area (Å²) in [4.78, 5) is 7.05. The van der Waals surface area contributed by atoms with Crippen molar-refractivity contribution < 1.29 is 22.4 Å². The Kier molecular flexibility index (Phi) is 7.82. The van der Waals surface area contributed by atoms with Crippen molar-refractivity contribution in [2.75, 3.05) is 24.6 Å². The molecule has 4 rings (SSSR count). The van der Waals surface area contributed by atoms with E-state index in [0.29, 0.717) is 16.7 Å². The van der Waals surface area contributed by atoms with Gasteiger partial charge in [0.25, 0.3) is 0 Å². The summed E-state index contributed by atoms with van der Waals surface area (Å²) in [6.45, 7) is 8.71. The van der Waals surface area contributed by atoms with E-state index in [4.69, 9.17) is 13.9 Å². The Balaban J connectivity index is 1.61. The van der Waals surface area contributed by atoms with Crippen LogP contribution in [0.15, 0.2) is 83.8 Å². The van der Waals surface area contributed by atoms with Gasteiger partial charge in [0.1, 0.15) is 12.4 Å². The van der Waals surface area contributed by atoms with Gasteiger partial charge in [0, 0.05) is 36.7 Å². The molecule has 1 N–H and O–H groups in total. The zero-order valence-electron chi connectivity index (χ0n) is 21.5. The van der Waals surface area contributed by atoms with Crippen molar-refractivity contribution in [2.45, 2.75) is 38.4 Å². The van der Waals surface area contributed by atoms with Crippen LogP contribution < -0.4 is 9.64 Å². The van der Waals surface area contributed by atoms with Crippen LogP contribution in [-0.4, -0.2) is 44.0 Å². The molecule has 1 aromatic heterocycles. The normalized spacial score (nSPS) is 13.3. The van der Waals surface area contributed by atoms with Crippen molar-refractivity contribution in [3.8, 4) is 17.0 Å². The molecule has 8 heteroatoms. The highest BCUT2D eigenvalue weighted by Gasteiger charge is 2.35. The summed E-state index contributed by atoms with van der Waals surface area (Å²) in [5.41, 5.74) is 4.54. The quantitative estimate of drug-likeness (QED) is 0.217. The molecule has 0 amide bonds. The fourth-order valence-corrected chi connectivity index (χ4v) is 5.22. The SMILES string of the molecule is CCN(CC)c1ccc(-c2ccc3c(OC(C)(CO)OS(=O)(=O)c4ccc(C)cc4)cccc3n2)cc1. The first-order chi connectivity index (χ1) is 17.7. The fraction of sp³-hybridized carbons (Fsp3) is 0.276. The maximum Gasteiger partial charge on any atom is 0.300 e. The summed E-state index contributed by atoms with van der Waals surface area (Å²) in [7, 11) is -4.18. The van der Waals surface area contributed by atoms with E-state index in [9.17, 15) is 13.5 Å². The van der Waals surface area contributed by atoms with Crippen LogP contribution in [0, 0.1) is 6.92 Å². The number of aromatic nitrogens is 1. The summed E-state index contributed by atoms with van der Waals surface area (Å²) < 4.78 is 37.0. The summed E-state index contributed by atoms with van der Waals surface area (Å²) >= 11 is 0. The maximum atomic E-state index is 12.8. The molecule has 0 saturated heterocycles. The highest BCUT2D eigenvalue weighted by molar-refractivity contribution is 7.86. The number of aryl methyl sites for hydroxylation is 1. The molecule has 194 valence electrons. The molecule has 1 atom stereocenters. The van der Waals surface area contributed by atoms with E-state index in [1.165, 1.54) is 19.1 Å². The summed E-state index contributed by atoms with van der Waals surface area (Å²) in [5, 5.41) is 10.7. The lowest BCUT2D eigenvalue weighted by Crippen LogP contribution is -2.41. The van der Waals surface area contributed by atoms with Crippen molar-refractivity contribution in [3.63, 3.8) is 0 Å². The Morgan fingerprint density at radius 1 is 0.919 bits per heavy atom. The molecule has 0 bridgehead atoms. The maximum absolute atomic E-state index is 12.8. The van der Waals surface area contributed by atoms with Gasteiger partial charge in [0.2, 0.25) is 5.79 Å². The second kappa shape index (κ2) is 10.9. The Morgan fingerprint density at radius 3 is 2.22 bits per heavy atom. The first kappa shape index (κ1) is 26.6. The lowest BCUT2D eigenvalue weighted by Gasteiger charge is -2.28. The van der Waals surface area contributed by atoms with Crippen LogP contribution in [0.5, 0.6) is 5.75 Å². The number of hydrogen-bond donors (Lipinski definition) is 1. The molecule has 0 aliphatic carbocycles. The number of benzene rings is 3. The molecule has 0 spiro atoms. The van der Waals surface area contributed by atoms with Crippen molar-refractivity contribution in [1.29, 1.82) is 0 Å². The molecule has 37 heavy (non-hydrogen) atoms. The summed E-state index contributed by atoms with van der Waals surface area (Å²) in [6.07, 6.45) is 0. The Labute approximate surface area is 218 Å². The predicted molar refractivity (Wildman–Crippen MR) is 146 cm³/mol. The molecule has 0 aliphatic rings. The number of ether oxygens (including phenoxy) is 1. The third kappa shape index (κ3) is 5.93. The van der Waals surface area contributed by atoms with Gasteiger partial charge in [-0.15, -0.1) is 0 Å². The van der Waals surface area contributed by atoms with Gasteiger partial charge < -0.3 is 14.7 Å². The molecular weight excluding hydrogens is 488 g/mol. The average Bonchev–Trinajstić information content (AvgIpc) is 2.89. The lowest BCUT2D eigenvalue weighted by molar-refractivity contribution is -0.124. The van der Waals surface area contributed by atoms with Crippen molar-refractivity contribution in [3.05, 3.63) is 84.4 Å². The van der Waals surface area contributed by atoms with E-state index >= 15 is 0 Å². The smallest absolute Gasteiger partial charge is 0.300 e. The van der Waals surface area contributed by atoms with Gasteiger partial charge >= 0.3 is 10.1 Å². The van der Waals surface area contributed by atoms with Gasteiger partial charge in [-0.3, -0.25) is 0 Å². The number of pyridine rings is 1. The molecule has 4 aromatic rings. The molecule has 0 aliphatic heterocycles. The topological polar surface area (TPSA) is 89.0 Å². The monoisotopic (exact) mass is 520 g/mol. The molecule has 1 heterocycles. The summed E-state index contributed by atoms with van der Waals surface area (Å²) in [6, 6.07) is 23.6. The van der Waals surface area contributed by atoms with E-state index in [1.54, 1.807) is 24.3 Å². The minimum atomic E-state index is -4.18. The van der Waals surface area contributed by atoms with Crippen LogP contribution in [0.3, 0.4) is 0 Å². The highest BCUT2D eigenvalue weighted by Crippen LogP contribution is 2.32. The summed E-state index contributed by atoms with van der Waals surface area (Å²) in [5.74, 6) is -1.49. The molecule has 0 fully saturated rings. The Bertz CT molecular complexity index is 1470. The van der Waals surface area contributed by atoms with E-state index in [0.717, 1.165) is 35.6 Å². The molecule has 0 saturated carbocycles. The second-order valence-electron chi connectivity index (χ2n) is 8.98. The molecule has 0 radical (unpaired) electrons. The number of fused-ring (bicyclic) bond motifs is 1. The zero-order chi connectivity index (χ0) is 26.6. The van der Waals surface area contributed by atoms with Gasteiger partial charge in [-0.25, -0.2) is 9.17 Å². The van der Waals surface area contributed by atoms with Crippen molar-refractivity contribution in [1.82, 2.24) is 4.98 Å². The highest BCUT2D eigenvalue weighted by atomic mass is 32.2. The van der Waals surface area contributed by atoms with Crippen LogP contribution in [0.2, 0.25) is 0 Å². The number of aliphatic hydroxyl groups is 1. The number of hydrogen-bond acceptors (Lipinski definition) is 7.